The van der Waals surface area contributed by atoms with E-state index in [-0.39, 0.29) is 12.7 Å². The Kier molecular flexibility index (Phi) is 6.72. The Bertz CT molecular complexity index is 673. The van der Waals surface area contributed by atoms with Crippen molar-refractivity contribution in [1.82, 2.24) is 0 Å². The van der Waals surface area contributed by atoms with E-state index in [1.165, 1.54) is 38.5 Å². The SMILES string of the molecule is CC.CC1CCC2(C)C(=CCC3C4CC5OC(O)(CCCCO)CC5C4(C)CC[C@@H]32)C1. The van der Waals surface area contributed by atoms with Crippen molar-refractivity contribution in [2.45, 2.75) is 117 Å². The van der Waals surface area contributed by atoms with Gasteiger partial charge in [-0.3, -0.25) is 0 Å². The summed E-state index contributed by atoms with van der Waals surface area (Å²) < 4.78 is 6.36. The van der Waals surface area contributed by atoms with Crippen LogP contribution in [0.25, 0.3) is 0 Å². The van der Waals surface area contributed by atoms with Gasteiger partial charge in [-0.15, -0.1) is 0 Å². The van der Waals surface area contributed by atoms with Gasteiger partial charge in [-0.2, -0.15) is 0 Å². The average molecular weight is 433 g/mol. The molecule has 8 unspecified atom stereocenters. The van der Waals surface area contributed by atoms with E-state index in [0.717, 1.165) is 49.4 Å². The van der Waals surface area contributed by atoms with Crippen molar-refractivity contribution in [2.24, 2.45) is 40.4 Å². The largest absolute Gasteiger partial charge is 0.396 e. The maximum Gasteiger partial charge on any atom is 0.166 e. The first-order chi connectivity index (χ1) is 14.8. The van der Waals surface area contributed by atoms with Crippen LogP contribution in [0.1, 0.15) is 105 Å². The zero-order chi connectivity index (χ0) is 22.4. The Balaban J connectivity index is 0.00000112. The Hall–Kier alpha value is -0.380. The number of unbranched alkanes of at least 4 members (excludes halogenated alkanes) is 1. The predicted octanol–water partition coefficient (Wildman–Crippen LogP) is 6.48. The van der Waals surface area contributed by atoms with Crippen molar-refractivity contribution in [3.05, 3.63) is 11.6 Å². The molecule has 5 aliphatic rings. The van der Waals surface area contributed by atoms with Crippen molar-refractivity contribution in [3.8, 4) is 0 Å². The van der Waals surface area contributed by atoms with Gasteiger partial charge >= 0.3 is 0 Å². The molecule has 9 atom stereocenters. The molecule has 0 aromatic rings. The number of hydrogen-bond acceptors (Lipinski definition) is 3. The minimum absolute atomic E-state index is 0.207. The van der Waals surface area contributed by atoms with E-state index in [0.29, 0.717) is 23.2 Å². The van der Waals surface area contributed by atoms with Crippen molar-refractivity contribution in [3.63, 3.8) is 0 Å². The summed E-state index contributed by atoms with van der Waals surface area (Å²) in [5.74, 6) is 2.86. The van der Waals surface area contributed by atoms with Crippen molar-refractivity contribution < 1.29 is 14.9 Å². The highest BCUT2D eigenvalue weighted by molar-refractivity contribution is 5.25. The lowest BCUT2D eigenvalue weighted by molar-refractivity contribution is -0.200. The number of allylic oxidation sites excluding steroid dienone is 2. The van der Waals surface area contributed by atoms with E-state index in [2.05, 4.69) is 26.8 Å². The summed E-state index contributed by atoms with van der Waals surface area (Å²) in [6.07, 6.45) is 15.2. The summed E-state index contributed by atoms with van der Waals surface area (Å²) in [5, 5.41) is 20.1. The first-order valence-corrected chi connectivity index (χ1v) is 13.5. The van der Waals surface area contributed by atoms with Gasteiger partial charge in [0, 0.05) is 19.4 Å². The second-order valence-corrected chi connectivity index (χ2v) is 12.0. The fraction of sp³-hybridized carbons (Fsp3) is 0.929. The summed E-state index contributed by atoms with van der Waals surface area (Å²) in [4.78, 5) is 0. The standard InChI is InChI=1S/C26H42O3.C2H6/c1-17-8-11-24(2)18(14-17)6-7-19-20(24)9-12-25(3)21(19)15-23-22(25)16-26(28,29-23)10-4-5-13-27;1-2/h6,17,19-23,27-28H,4-5,7-16H2,1-3H3;1-2H3/t17?,19?,20-,21?,22?,23?,24?,25?,26?;/m0./s1. The molecular formula is C28H48O3. The molecule has 178 valence electrons. The molecule has 31 heavy (non-hydrogen) atoms. The normalized spacial score (nSPS) is 50.4. The number of aliphatic hydroxyl groups is 2. The average Bonchev–Trinajstić information content (AvgIpc) is 3.22. The molecule has 3 nitrogen and oxygen atoms in total. The van der Waals surface area contributed by atoms with E-state index < -0.39 is 5.79 Å². The first kappa shape index (κ1) is 23.8. The molecule has 4 fully saturated rings. The van der Waals surface area contributed by atoms with Crippen LogP contribution in [0.5, 0.6) is 0 Å². The molecule has 2 N–H and O–H groups in total. The third-order valence-corrected chi connectivity index (χ3v) is 10.5. The molecule has 5 rings (SSSR count). The molecule has 4 aliphatic carbocycles. The Morgan fingerprint density at radius 2 is 1.84 bits per heavy atom. The van der Waals surface area contributed by atoms with Crippen LogP contribution in [0.3, 0.4) is 0 Å². The number of hydrogen-bond donors (Lipinski definition) is 2. The molecule has 3 saturated carbocycles. The number of fused-ring (bicyclic) bond motifs is 7. The van der Waals surface area contributed by atoms with E-state index in [1.807, 2.05) is 13.8 Å². The van der Waals surface area contributed by atoms with Crippen LogP contribution in [0.4, 0.5) is 0 Å². The molecule has 0 aromatic heterocycles. The molecule has 1 saturated heterocycles. The minimum Gasteiger partial charge on any atom is -0.396 e. The lowest BCUT2D eigenvalue weighted by Crippen LogP contribution is -2.50. The first-order valence-electron chi connectivity index (χ1n) is 13.5. The molecule has 1 heterocycles. The topological polar surface area (TPSA) is 49.7 Å². The molecule has 0 bridgehead atoms. The smallest absolute Gasteiger partial charge is 0.166 e. The summed E-state index contributed by atoms with van der Waals surface area (Å²) in [6, 6.07) is 0. The van der Waals surface area contributed by atoms with Crippen LogP contribution in [-0.2, 0) is 4.74 Å². The lowest BCUT2D eigenvalue weighted by atomic mass is 9.47. The van der Waals surface area contributed by atoms with E-state index in [4.69, 9.17) is 9.84 Å². The second kappa shape index (κ2) is 8.76. The van der Waals surface area contributed by atoms with Crippen LogP contribution in [0.15, 0.2) is 11.6 Å². The fourth-order valence-electron chi connectivity index (χ4n) is 8.78. The van der Waals surface area contributed by atoms with Gasteiger partial charge in [-0.1, -0.05) is 46.3 Å². The quantitative estimate of drug-likeness (QED) is 0.395. The number of rotatable bonds is 4. The minimum atomic E-state index is -0.944. The third-order valence-electron chi connectivity index (χ3n) is 10.5. The van der Waals surface area contributed by atoms with Gasteiger partial charge in [0.2, 0.25) is 0 Å². The van der Waals surface area contributed by atoms with Gasteiger partial charge in [0.1, 0.15) is 0 Å². The number of aliphatic hydroxyl groups excluding tert-OH is 1. The highest BCUT2D eigenvalue weighted by atomic mass is 16.6. The van der Waals surface area contributed by atoms with Crippen molar-refractivity contribution in [1.29, 1.82) is 0 Å². The van der Waals surface area contributed by atoms with Crippen molar-refractivity contribution in [2.75, 3.05) is 6.61 Å². The van der Waals surface area contributed by atoms with Crippen molar-refractivity contribution >= 4 is 0 Å². The lowest BCUT2D eigenvalue weighted by Gasteiger charge is -2.58. The van der Waals surface area contributed by atoms with E-state index in [9.17, 15) is 5.11 Å². The molecule has 3 heteroatoms. The van der Waals surface area contributed by atoms with Gasteiger partial charge in [0.05, 0.1) is 6.10 Å². The highest BCUT2D eigenvalue weighted by Crippen LogP contribution is 2.69. The molecule has 0 spiro atoms. The Morgan fingerprint density at radius 1 is 1.06 bits per heavy atom. The maximum absolute atomic E-state index is 11.1. The van der Waals surface area contributed by atoms with E-state index >= 15 is 0 Å². The van der Waals surface area contributed by atoms with Gasteiger partial charge in [0.15, 0.2) is 5.79 Å². The number of ether oxygens (including phenoxy) is 1. The Labute approximate surface area is 191 Å². The van der Waals surface area contributed by atoms with Crippen LogP contribution in [0.2, 0.25) is 0 Å². The van der Waals surface area contributed by atoms with Crippen LogP contribution >= 0.6 is 0 Å². The molecule has 0 amide bonds. The van der Waals surface area contributed by atoms with Gasteiger partial charge in [-0.05, 0) is 98.2 Å². The second-order valence-electron chi connectivity index (χ2n) is 12.0. The summed E-state index contributed by atoms with van der Waals surface area (Å²) in [7, 11) is 0. The van der Waals surface area contributed by atoms with Crippen LogP contribution in [0, 0.1) is 40.4 Å². The molecule has 0 radical (unpaired) electrons. The maximum atomic E-state index is 11.1. The van der Waals surface area contributed by atoms with Gasteiger partial charge in [0.25, 0.3) is 0 Å². The monoisotopic (exact) mass is 432 g/mol. The Morgan fingerprint density at radius 3 is 2.58 bits per heavy atom. The van der Waals surface area contributed by atoms with Gasteiger partial charge < -0.3 is 14.9 Å². The molecule has 1 aliphatic heterocycles. The zero-order valence-electron chi connectivity index (χ0n) is 20.8. The molecule has 0 aromatic carbocycles. The van der Waals surface area contributed by atoms with Crippen LogP contribution < -0.4 is 0 Å². The summed E-state index contributed by atoms with van der Waals surface area (Å²) in [6.45, 7) is 11.8. The fourth-order valence-corrected chi connectivity index (χ4v) is 8.78. The summed E-state index contributed by atoms with van der Waals surface area (Å²) >= 11 is 0. The molecular weight excluding hydrogens is 384 g/mol. The predicted molar refractivity (Wildman–Crippen MR) is 126 cm³/mol. The van der Waals surface area contributed by atoms with E-state index in [1.54, 1.807) is 5.57 Å². The van der Waals surface area contributed by atoms with Crippen LogP contribution in [-0.4, -0.2) is 28.7 Å². The zero-order valence-corrected chi connectivity index (χ0v) is 20.8. The highest BCUT2D eigenvalue weighted by Gasteiger charge is 2.65. The summed E-state index contributed by atoms with van der Waals surface area (Å²) in [5.41, 5.74) is 2.56. The third kappa shape index (κ3) is 3.85. The van der Waals surface area contributed by atoms with Gasteiger partial charge in [-0.25, -0.2) is 0 Å².